The van der Waals surface area contributed by atoms with Gasteiger partial charge in [0, 0.05) is 5.69 Å². The van der Waals surface area contributed by atoms with Crippen LogP contribution >= 0.6 is 0 Å². The molecule has 0 bridgehead atoms. The molecule has 188 valence electrons. The van der Waals surface area contributed by atoms with Gasteiger partial charge in [-0.15, -0.1) is 9.90 Å². The number of alkyl halides is 6. The van der Waals surface area contributed by atoms with Gasteiger partial charge in [0.25, 0.3) is 0 Å². The first-order valence-corrected chi connectivity index (χ1v) is 11.3. The number of nitrogens with zero attached hydrogens (tertiary/aromatic N) is 3. The maximum Gasteiger partial charge on any atom is 0.436 e. The zero-order chi connectivity index (χ0) is 26.2. The smallest absolute Gasteiger partial charge is 0.326 e. The van der Waals surface area contributed by atoms with Crippen molar-refractivity contribution < 1.29 is 39.6 Å². The fourth-order valence-corrected chi connectivity index (χ4v) is 3.91. The summed E-state index contributed by atoms with van der Waals surface area (Å²) in [6.07, 6.45) is -9.04. The van der Waals surface area contributed by atoms with Gasteiger partial charge in [-0.25, -0.2) is 13.6 Å². The second-order valence-corrected chi connectivity index (χ2v) is 8.83. The molecule has 0 radical (unpaired) electrons. The molecule has 0 saturated heterocycles. The van der Waals surface area contributed by atoms with Gasteiger partial charge in [-0.05, 0) is 47.9 Å². The fraction of sp³-hybridized carbons (Fsp3) is 0.250. The van der Waals surface area contributed by atoms with Crippen molar-refractivity contribution in [3.8, 4) is 5.69 Å². The zero-order valence-corrected chi connectivity index (χ0v) is 18.6. The summed E-state index contributed by atoms with van der Waals surface area (Å²) in [7, 11) is -4.49. The Labute approximate surface area is 194 Å². The van der Waals surface area contributed by atoms with E-state index in [9.17, 15) is 39.6 Å². The largest absolute Gasteiger partial charge is 0.436 e. The number of amides is 1. The van der Waals surface area contributed by atoms with Crippen LogP contribution in [-0.2, 0) is 40.0 Å². The number of aromatic nitrogens is 3. The van der Waals surface area contributed by atoms with E-state index in [1.165, 1.54) is 12.1 Å². The molecule has 0 atom stereocenters. The van der Waals surface area contributed by atoms with E-state index in [0.29, 0.717) is 22.1 Å². The number of sulfonamides is 1. The lowest BCUT2D eigenvalue weighted by Gasteiger charge is -2.14. The maximum absolute atomic E-state index is 12.9. The van der Waals surface area contributed by atoms with Crippen molar-refractivity contribution in [1.29, 1.82) is 0 Å². The molecule has 0 unspecified atom stereocenters. The molecule has 0 aliphatic rings. The van der Waals surface area contributed by atoms with Gasteiger partial charge in [-0.3, -0.25) is 4.79 Å². The van der Waals surface area contributed by atoms with E-state index < -0.39 is 50.1 Å². The molecule has 15 heteroatoms. The molecular weight excluding hydrogens is 504 g/mol. The van der Waals surface area contributed by atoms with Crippen LogP contribution in [0.2, 0.25) is 0 Å². The lowest BCUT2D eigenvalue weighted by molar-refractivity contribution is -0.141. The number of rotatable bonds is 6. The number of primary sulfonamides is 1. The number of carbonyl (C=O) groups is 1. The van der Waals surface area contributed by atoms with Crippen LogP contribution in [0.1, 0.15) is 29.3 Å². The highest BCUT2D eigenvalue weighted by molar-refractivity contribution is 7.89. The molecule has 3 N–H and O–H groups in total. The molecule has 0 aliphatic carbocycles. The van der Waals surface area contributed by atoms with Crippen molar-refractivity contribution in [2.75, 3.05) is 5.32 Å². The van der Waals surface area contributed by atoms with Crippen LogP contribution in [0.4, 0.5) is 32.0 Å². The van der Waals surface area contributed by atoms with Crippen molar-refractivity contribution >= 4 is 21.6 Å². The molecule has 35 heavy (non-hydrogen) atoms. The van der Waals surface area contributed by atoms with Crippen molar-refractivity contribution in [1.82, 2.24) is 15.0 Å². The molecular formula is C20H17F6N5O3S. The first-order chi connectivity index (χ1) is 16.1. The zero-order valence-electron chi connectivity index (χ0n) is 17.8. The van der Waals surface area contributed by atoms with Crippen LogP contribution in [0.5, 0.6) is 0 Å². The van der Waals surface area contributed by atoms with E-state index in [4.69, 9.17) is 5.14 Å². The molecule has 1 aromatic heterocycles. The summed E-state index contributed by atoms with van der Waals surface area (Å²) >= 11 is 0. The van der Waals surface area contributed by atoms with Crippen molar-refractivity contribution in [3.05, 3.63) is 65.0 Å². The minimum Gasteiger partial charge on any atom is -0.326 e. The molecule has 2 aromatic carbocycles. The number of anilines is 1. The Morgan fingerprint density at radius 2 is 1.71 bits per heavy atom. The van der Waals surface area contributed by atoms with Gasteiger partial charge in [0.05, 0.1) is 18.2 Å². The third-order valence-corrected chi connectivity index (χ3v) is 5.75. The summed E-state index contributed by atoms with van der Waals surface area (Å²) in [5.74, 6) is -0.677. The van der Waals surface area contributed by atoms with Crippen LogP contribution < -0.4 is 10.5 Å². The van der Waals surface area contributed by atoms with Gasteiger partial charge < -0.3 is 5.32 Å². The SMILES string of the molecule is CCc1cc(C(F)(F)F)ccc1CC(=O)Nc1ccc(-n2ncc(C(F)(F)F)n2)c(S(N)(=O)=O)c1. The fourth-order valence-electron chi connectivity index (χ4n) is 3.18. The Morgan fingerprint density at radius 3 is 2.26 bits per heavy atom. The summed E-state index contributed by atoms with van der Waals surface area (Å²) in [5, 5.41) is 14.2. The summed E-state index contributed by atoms with van der Waals surface area (Å²) in [6.45, 7) is 1.63. The quantitative estimate of drug-likeness (QED) is 0.480. The van der Waals surface area contributed by atoms with E-state index in [1.54, 1.807) is 6.92 Å². The summed E-state index contributed by atoms with van der Waals surface area (Å²) in [5.41, 5.74) is -2.04. The lowest BCUT2D eigenvalue weighted by atomic mass is 9.99. The van der Waals surface area contributed by atoms with Crippen LogP contribution in [0.3, 0.4) is 0 Å². The Balaban J connectivity index is 1.88. The van der Waals surface area contributed by atoms with Crippen molar-refractivity contribution in [2.24, 2.45) is 5.14 Å². The molecule has 3 rings (SSSR count). The van der Waals surface area contributed by atoms with Crippen LogP contribution in [0.25, 0.3) is 5.69 Å². The highest BCUT2D eigenvalue weighted by Crippen LogP contribution is 2.31. The molecule has 0 spiro atoms. The highest BCUT2D eigenvalue weighted by Gasteiger charge is 2.35. The number of hydrogen-bond acceptors (Lipinski definition) is 5. The number of hydrogen-bond donors (Lipinski definition) is 2. The second-order valence-electron chi connectivity index (χ2n) is 7.30. The van der Waals surface area contributed by atoms with Gasteiger partial charge in [0.1, 0.15) is 10.6 Å². The number of aryl methyl sites for hydroxylation is 1. The van der Waals surface area contributed by atoms with Crippen LogP contribution in [0.15, 0.2) is 47.5 Å². The van der Waals surface area contributed by atoms with Crippen LogP contribution in [-0.4, -0.2) is 29.3 Å². The summed E-state index contributed by atoms with van der Waals surface area (Å²) in [4.78, 5) is 12.3. The number of nitrogens with one attached hydrogen (secondary N) is 1. The normalized spacial score (nSPS) is 12.6. The number of benzene rings is 2. The Bertz CT molecular complexity index is 1370. The van der Waals surface area contributed by atoms with Gasteiger partial charge in [0.2, 0.25) is 15.9 Å². The molecule has 3 aromatic rings. The molecule has 8 nitrogen and oxygen atoms in total. The van der Waals surface area contributed by atoms with E-state index in [0.717, 1.165) is 24.3 Å². The first kappa shape index (κ1) is 26.2. The average Bonchev–Trinajstić information content (AvgIpc) is 3.23. The predicted molar refractivity (Wildman–Crippen MR) is 111 cm³/mol. The topological polar surface area (TPSA) is 120 Å². The second kappa shape index (κ2) is 9.30. The predicted octanol–water partition coefficient (Wildman–Crippen LogP) is 3.70. The van der Waals surface area contributed by atoms with Crippen molar-refractivity contribution in [3.63, 3.8) is 0 Å². The Hall–Kier alpha value is -3.46. The van der Waals surface area contributed by atoms with E-state index in [2.05, 4.69) is 15.5 Å². The molecule has 1 heterocycles. The molecule has 0 aliphatic heterocycles. The Morgan fingerprint density at radius 1 is 1.03 bits per heavy atom. The van der Waals surface area contributed by atoms with Gasteiger partial charge in [-0.1, -0.05) is 13.0 Å². The summed E-state index contributed by atoms with van der Waals surface area (Å²) in [6, 6.07) is 6.12. The van der Waals surface area contributed by atoms with Crippen molar-refractivity contribution in [2.45, 2.75) is 37.0 Å². The van der Waals surface area contributed by atoms with E-state index >= 15 is 0 Å². The molecule has 1 amide bonds. The average molecular weight is 521 g/mol. The number of carbonyl (C=O) groups excluding carboxylic acids is 1. The minimum absolute atomic E-state index is 0.0732. The molecule has 0 fully saturated rings. The Kier molecular flexibility index (Phi) is 6.95. The maximum atomic E-state index is 12.9. The third-order valence-electron chi connectivity index (χ3n) is 4.81. The summed E-state index contributed by atoms with van der Waals surface area (Å²) < 4.78 is 101. The van der Waals surface area contributed by atoms with Crippen LogP contribution in [0, 0.1) is 0 Å². The monoisotopic (exact) mass is 521 g/mol. The van der Waals surface area contributed by atoms with Gasteiger partial charge >= 0.3 is 12.4 Å². The lowest BCUT2D eigenvalue weighted by Crippen LogP contribution is -2.19. The van der Waals surface area contributed by atoms with E-state index in [-0.39, 0.29) is 18.5 Å². The minimum atomic E-state index is -4.82. The van der Waals surface area contributed by atoms with Gasteiger partial charge in [0.15, 0.2) is 5.69 Å². The number of halogens is 6. The third kappa shape index (κ3) is 6.16. The molecule has 0 saturated carbocycles. The van der Waals surface area contributed by atoms with E-state index in [1.807, 2.05) is 0 Å². The standard InChI is InChI=1S/C20H17F6N5O3S/c1-2-11-7-13(19(21,22)23)4-3-12(11)8-18(32)29-14-5-6-15(16(9-14)35(27,33)34)31-28-10-17(30-31)20(24,25)26/h3-7,9-10H,2,8H2,1H3,(H,29,32)(H2,27,33,34). The van der Waals surface area contributed by atoms with Gasteiger partial charge in [-0.2, -0.15) is 31.4 Å². The first-order valence-electron chi connectivity index (χ1n) is 9.75. The number of nitrogens with two attached hydrogens (primary N) is 1. The highest BCUT2D eigenvalue weighted by atomic mass is 32.2.